The third-order valence-corrected chi connectivity index (χ3v) is 6.51. The molecule has 0 aromatic heterocycles. The number of hydrogen-bond donors (Lipinski definition) is 1. The number of hydrogen-bond acceptors (Lipinski definition) is 2. The Kier molecular flexibility index (Phi) is 8.97. The summed E-state index contributed by atoms with van der Waals surface area (Å²) in [5.74, 6) is 1.72. The summed E-state index contributed by atoms with van der Waals surface area (Å²) in [6, 6.07) is 0. The molecule has 0 saturated heterocycles. The zero-order chi connectivity index (χ0) is 18.2. The molecule has 0 spiro atoms. The number of rotatable bonds is 8. The fourth-order valence-corrected chi connectivity index (χ4v) is 5.85. The van der Waals surface area contributed by atoms with Gasteiger partial charge in [0, 0.05) is 0 Å². The number of nitrogens with one attached hydrogen (secondary N) is 1. The standard InChI is InChI=1S/C12H21BN2O.C6H14.C2H6/c1-3-15(13-16)12-5-4-9-6-11(7-12,8-14-2)10(9)12;1-3-5-6-4-2;1-2/h9-10,14H,3-8H2,1-2H3;3-6H2,1-2H3;1-2H3/t9-,10?,11?,12?;;/m1../s1. The molecule has 1 N–H and O–H groups in total. The molecule has 0 aliphatic heterocycles. The Hall–Kier alpha value is -0.375. The van der Waals surface area contributed by atoms with Crippen molar-refractivity contribution in [2.45, 2.75) is 91.5 Å². The summed E-state index contributed by atoms with van der Waals surface area (Å²) in [6.45, 7) is 12.6. The maximum absolute atomic E-state index is 11.2. The first-order valence-electron chi connectivity index (χ1n) is 10.5. The quantitative estimate of drug-likeness (QED) is 0.517. The van der Waals surface area contributed by atoms with Crippen molar-refractivity contribution in [1.82, 2.24) is 10.1 Å². The summed E-state index contributed by atoms with van der Waals surface area (Å²) in [4.78, 5) is 2.09. The van der Waals surface area contributed by atoms with Gasteiger partial charge < -0.3 is 0 Å². The van der Waals surface area contributed by atoms with Crippen molar-refractivity contribution in [2.24, 2.45) is 17.3 Å². The van der Waals surface area contributed by atoms with E-state index in [2.05, 4.69) is 30.9 Å². The van der Waals surface area contributed by atoms with E-state index in [9.17, 15) is 4.70 Å². The van der Waals surface area contributed by atoms with Gasteiger partial charge in [-0.25, -0.2) is 0 Å². The number of nitrogens with zero attached hydrogens (tertiary/aromatic N) is 1. The van der Waals surface area contributed by atoms with E-state index in [4.69, 9.17) is 0 Å². The van der Waals surface area contributed by atoms with Gasteiger partial charge in [-0.1, -0.05) is 53.4 Å². The predicted octanol–water partition coefficient (Wildman–Crippen LogP) is 4.66. The van der Waals surface area contributed by atoms with Crippen LogP contribution < -0.4 is 5.32 Å². The first-order valence-corrected chi connectivity index (χ1v) is 10.5. The van der Waals surface area contributed by atoms with Crippen LogP contribution in [0.2, 0.25) is 0 Å². The topological polar surface area (TPSA) is 32.3 Å². The fraction of sp³-hybridized carbons (Fsp3) is 1.00. The van der Waals surface area contributed by atoms with Crippen LogP contribution in [-0.2, 0) is 4.70 Å². The van der Waals surface area contributed by atoms with Crippen LogP contribution in [0.1, 0.15) is 86.0 Å². The summed E-state index contributed by atoms with van der Waals surface area (Å²) in [5, 5.41) is 3.35. The molecule has 0 radical (unpaired) electrons. The summed E-state index contributed by atoms with van der Waals surface area (Å²) in [5.41, 5.74) is 0.808. The monoisotopic (exact) mass is 336 g/mol. The van der Waals surface area contributed by atoms with E-state index < -0.39 is 0 Å². The van der Waals surface area contributed by atoms with E-state index in [0.29, 0.717) is 5.41 Å². The minimum atomic E-state index is 0.260. The molecule has 3 unspecified atom stereocenters. The second-order valence-electron chi connectivity index (χ2n) is 7.75. The Morgan fingerprint density at radius 2 is 1.79 bits per heavy atom. The molecule has 3 aliphatic rings. The zero-order valence-corrected chi connectivity index (χ0v) is 17.2. The van der Waals surface area contributed by atoms with Gasteiger partial charge >= 0.3 is 97.7 Å². The van der Waals surface area contributed by atoms with Crippen LogP contribution in [0.5, 0.6) is 0 Å². The minimum absolute atomic E-state index is 0.260. The molecule has 3 nitrogen and oxygen atoms in total. The molecule has 140 valence electrons. The van der Waals surface area contributed by atoms with E-state index in [0.717, 1.165) is 32.2 Å². The van der Waals surface area contributed by atoms with Crippen molar-refractivity contribution in [2.75, 3.05) is 20.1 Å². The summed E-state index contributed by atoms with van der Waals surface area (Å²) >= 11 is 0. The molecule has 24 heavy (non-hydrogen) atoms. The molecule has 3 rings (SSSR count). The average Bonchev–Trinajstić information content (AvgIpc) is 2.72. The third-order valence-electron chi connectivity index (χ3n) is 6.51. The van der Waals surface area contributed by atoms with Crippen LogP contribution in [0.3, 0.4) is 0 Å². The van der Waals surface area contributed by atoms with Crippen LogP contribution >= 0.6 is 0 Å². The third kappa shape index (κ3) is 3.74. The molecule has 0 aromatic carbocycles. The summed E-state index contributed by atoms with van der Waals surface area (Å²) < 4.78 is 11.2. The van der Waals surface area contributed by atoms with Gasteiger partial charge in [0.05, 0.1) is 0 Å². The van der Waals surface area contributed by atoms with Gasteiger partial charge in [-0.3, -0.25) is 0 Å². The molecule has 3 saturated carbocycles. The normalized spacial score (nSPS) is 34.2. The number of unbranched alkanes of at least 4 members (excludes halogenated alkanes) is 3. The molecule has 0 heterocycles. The van der Waals surface area contributed by atoms with Crippen molar-refractivity contribution >= 4 is 7.28 Å². The fourth-order valence-electron chi connectivity index (χ4n) is 5.85. The SMILES string of the molecule is CC.CCCCCC.CCN(B=O)C12CC[C@@H]3CC(CNC)(C1)C32. The molecular formula is C20H41BN2O. The molecule has 3 fully saturated rings. The van der Waals surface area contributed by atoms with Gasteiger partial charge in [-0.05, 0) is 0 Å². The Balaban J connectivity index is 0.000000309. The summed E-state index contributed by atoms with van der Waals surface area (Å²) in [6.07, 6.45) is 10.8. The van der Waals surface area contributed by atoms with Crippen LogP contribution in [0.15, 0.2) is 0 Å². The average molecular weight is 336 g/mol. The van der Waals surface area contributed by atoms with Crippen molar-refractivity contribution in [3.05, 3.63) is 0 Å². The Bertz CT molecular complexity index is 375. The van der Waals surface area contributed by atoms with Crippen molar-refractivity contribution in [3.63, 3.8) is 0 Å². The molecule has 0 amide bonds. The molecule has 0 aromatic rings. The Labute approximate surface area is 151 Å². The molecule has 4 heteroatoms. The second-order valence-corrected chi connectivity index (χ2v) is 7.75. The van der Waals surface area contributed by atoms with Gasteiger partial charge in [-0.2, -0.15) is 0 Å². The zero-order valence-electron chi connectivity index (χ0n) is 17.2. The van der Waals surface area contributed by atoms with Gasteiger partial charge in [0.1, 0.15) is 0 Å². The van der Waals surface area contributed by atoms with Crippen molar-refractivity contribution < 1.29 is 4.70 Å². The molecule has 3 aliphatic carbocycles. The van der Waals surface area contributed by atoms with Gasteiger partial charge in [0.2, 0.25) is 0 Å². The van der Waals surface area contributed by atoms with Crippen LogP contribution in [0, 0.1) is 17.3 Å². The van der Waals surface area contributed by atoms with E-state index in [-0.39, 0.29) is 5.54 Å². The van der Waals surface area contributed by atoms with Crippen LogP contribution in [-0.4, -0.2) is 37.8 Å². The van der Waals surface area contributed by atoms with E-state index in [1.807, 2.05) is 20.9 Å². The Morgan fingerprint density at radius 3 is 2.25 bits per heavy atom. The van der Waals surface area contributed by atoms with Gasteiger partial charge in [0.25, 0.3) is 0 Å². The first-order chi connectivity index (χ1) is 11.6. The van der Waals surface area contributed by atoms with Gasteiger partial charge in [0.15, 0.2) is 0 Å². The molecular weight excluding hydrogens is 295 g/mol. The first kappa shape index (κ1) is 21.7. The maximum atomic E-state index is 11.2. The Morgan fingerprint density at radius 1 is 1.17 bits per heavy atom. The van der Waals surface area contributed by atoms with Crippen LogP contribution in [0.4, 0.5) is 0 Å². The van der Waals surface area contributed by atoms with E-state index in [1.165, 1.54) is 51.4 Å². The van der Waals surface area contributed by atoms with Gasteiger partial charge in [-0.15, -0.1) is 0 Å². The molecule has 0 bridgehead atoms. The molecule has 4 atom stereocenters. The van der Waals surface area contributed by atoms with Crippen LogP contribution in [0.25, 0.3) is 0 Å². The second kappa shape index (κ2) is 9.94. The summed E-state index contributed by atoms with van der Waals surface area (Å²) in [7, 11) is 3.14. The van der Waals surface area contributed by atoms with E-state index in [1.54, 1.807) is 0 Å². The van der Waals surface area contributed by atoms with E-state index >= 15 is 0 Å². The predicted molar refractivity (Wildman–Crippen MR) is 105 cm³/mol. The van der Waals surface area contributed by atoms with Crippen molar-refractivity contribution in [3.8, 4) is 0 Å². The van der Waals surface area contributed by atoms with Crippen molar-refractivity contribution in [1.29, 1.82) is 0 Å².